The first-order valence-corrected chi connectivity index (χ1v) is 12.6. The summed E-state index contributed by atoms with van der Waals surface area (Å²) >= 11 is 0. The Balaban J connectivity index is 1.38. The quantitative estimate of drug-likeness (QED) is 0.222. The minimum atomic E-state index is -0.958. The Bertz CT molecular complexity index is 1660. The molecule has 0 saturated heterocycles. The van der Waals surface area contributed by atoms with E-state index >= 15 is 8.78 Å². The molecule has 8 nitrogen and oxygen atoms in total. The van der Waals surface area contributed by atoms with Gasteiger partial charge >= 0.3 is 0 Å². The minimum Gasteiger partial charge on any atom is -0.508 e. The maximum atomic E-state index is 15.0. The van der Waals surface area contributed by atoms with Crippen molar-refractivity contribution in [3.8, 4) is 40.1 Å². The number of anilines is 2. The van der Waals surface area contributed by atoms with Crippen LogP contribution in [0.3, 0.4) is 0 Å². The topological polar surface area (TPSA) is 86.5 Å². The molecule has 6 rings (SSSR count). The van der Waals surface area contributed by atoms with Gasteiger partial charge in [0.05, 0.1) is 5.56 Å². The monoisotopic (exact) mass is 545 g/mol. The molecule has 0 fully saturated rings. The number of aromatic hydroxyl groups is 1. The number of phenolic OH excluding ortho intramolecular Hbond substituents is 1. The highest BCUT2D eigenvalue weighted by Crippen LogP contribution is 2.39. The van der Waals surface area contributed by atoms with Gasteiger partial charge in [0.25, 0.3) is 0 Å². The van der Waals surface area contributed by atoms with Gasteiger partial charge < -0.3 is 29.4 Å². The zero-order valence-electron chi connectivity index (χ0n) is 21.5. The lowest BCUT2D eigenvalue weighted by Crippen LogP contribution is -2.15. The molecule has 3 aromatic carbocycles. The molecule has 5 aromatic rings. The van der Waals surface area contributed by atoms with Crippen molar-refractivity contribution in [3.05, 3.63) is 90.0 Å². The van der Waals surface area contributed by atoms with Crippen molar-refractivity contribution in [2.75, 3.05) is 31.7 Å². The summed E-state index contributed by atoms with van der Waals surface area (Å²) in [6.07, 6.45) is 0. The molecule has 0 amide bonds. The number of aromatic nitrogens is 2. The molecule has 204 valence electrons. The van der Waals surface area contributed by atoms with Crippen molar-refractivity contribution in [3.63, 3.8) is 0 Å². The fourth-order valence-corrected chi connectivity index (χ4v) is 4.45. The van der Waals surface area contributed by atoms with E-state index in [0.717, 1.165) is 23.4 Å². The molecule has 1 aliphatic heterocycles. The minimum absolute atomic E-state index is 0.00292. The SMILES string of the molecule is Cc1ccc(OCCOc2cccc3nc(-c4c(F)cc(O)cc4F)c(Nc4ccc5c(c4)OCCO5)n23)cc1. The molecular formula is C30H25F2N3O5. The normalized spacial score (nSPS) is 12.4. The summed E-state index contributed by atoms with van der Waals surface area (Å²) in [4.78, 5) is 4.53. The Morgan fingerprint density at radius 3 is 2.40 bits per heavy atom. The predicted molar refractivity (Wildman–Crippen MR) is 145 cm³/mol. The molecule has 10 heteroatoms. The van der Waals surface area contributed by atoms with E-state index in [9.17, 15) is 5.11 Å². The molecular weight excluding hydrogens is 520 g/mol. The second-order valence-electron chi connectivity index (χ2n) is 9.14. The molecule has 2 N–H and O–H groups in total. The number of imidazole rings is 1. The molecule has 0 spiro atoms. The van der Waals surface area contributed by atoms with Crippen LogP contribution in [0.25, 0.3) is 16.9 Å². The standard InChI is InChI=1S/C30H25F2N3O5/c1-18-5-8-21(9-6-18)37-11-14-40-27-4-2-3-26-34-29(28-22(31)16-20(36)17-23(28)32)30(35(26)27)33-19-7-10-24-25(15-19)39-13-12-38-24/h2-10,15-17,33,36H,11-14H2,1H3. The lowest BCUT2D eigenvalue weighted by atomic mass is 10.1. The highest BCUT2D eigenvalue weighted by molar-refractivity contribution is 5.81. The van der Waals surface area contributed by atoms with Gasteiger partial charge in [0.1, 0.15) is 66.7 Å². The molecule has 0 aliphatic carbocycles. The second kappa shape index (κ2) is 10.6. The highest BCUT2D eigenvalue weighted by Gasteiger charge is 2.24. The smallest absolute Gasteiger partial charge is 0.201 e. The number of hydrogen-bond donors (Lipinski definition) is 2. The van der Waals surface area contributed by atoms with Crippen LogP contribution in [-0.2, 0) is 0 Å². The predicted octanol–water partition coefficient (Wildman–Crippen LogP) is 6.27. The molecule has 2 aromatic heterocycles. The first-order chi connectivity index (χ1) is 19.5. The maximum Gasteiger partial charge on any atom is 0.201 e. The molecule has 3 heterocycles. The van der Waals surface area contributed by atoms with Gasteiger partial charge in [0, 0.05) is 23.9 Å². The van der Waals surface area contributed by atoms with Gasteiger partial charge in [0.15, 0.2) is 11.5 Å². The van der Waals surface area contributed by atoms with Crippen LogP contribution in [0.5, 0.6) is 28.9 Å². The van der Waals surface area contributed by atoms with Gasteiger partial charge in [-0.05, 0) is 43.3 Å². The van der Waals surface area contributed by atoms with Crippen LogP contribution in [-0.4, -0.2) is 40.9 Å². The number of phenols is 1. The third-order valence-corrected chi connectivity index (χ3v) is 6.30. The fourth-order valence-electron chi connectivity index (χ4n) is 4.45. The Hall–Kier alpha value is -4.99. The average molecular weight is 546 g/mol. The number of fused-ring (bicyclic) bond motifs is 2. The van der Waals surface area contributed by atoms with E-state index in [1.807, 2.05) is 31.2 Å². The summed E-state index contributed by atoms with van der Waals surface area (Å²) in [5.41, 5.74) is 1.70. The molecule has 0 bridgehead atoms. The summed E-state index contributed by atoms with van der Waals surface area (Å²) in [6, 6.07) is 19.8. The largest absolute Gasteiger partial charge is 0.508 e. The lowest BCUT2D eigenvalue weighted by molar-refractivity contribution is 0.171. The van der Waals surface area contributed by atoms with Gasteiger partial charge in [-0.15, -0.1) is 0 Å². The summed E-state index contributed by atoms with van der Waals surface area (Å²) in [7, 11) is 0. The van der Waals surface area contributed by atoms with Crippen LogP contribution < -0.4 is 24.3 Å². The zero-order chi connectivity index (χ0) is 27.6. The lowest BCUT2D eigenvalue weighted by Gasteiger charge is -2.19. The zero-order valence-corrected chi connectivity index (χ0v) is 21.5. The van der Waals surface area contributed by atoms with Crippen LogP contribution in [0.2, 0.25) is 0 Å². The Morgan fingerprint density at radius 2 is 1.62 bits per heavy atom. The summed E-state index contributed by atoms with van der Waals surface area (Å²) in [5, 5.41) is 12.9. The van der Waals surface area contributed by atoms with Crippen molar-refractivity contribution in [2.24, 2.45) is 0 Å². The number of nitrogens with zero attached hydrogens (tertiary/aromatic N) is 2. The van der Waals surface area contributed by atoms with Gasteiger partial charge in [-0.25, -0.2) is 18.2 Å². The first kappa shape index (κ1) is 25.3. The summed E-state index contributed by atoms with van der Waals surface area (Å²) < 4.78 is 54.8. The third-order valence-electron chi connectivity index (χ3n) is 6.30. The number of rotatable bonds is 8. The Labute approximate surface area is 228 Å². The third kappa shape index (κ3) is 5.03. The van der Waals surface area contributed by atoms with Crippen molar-refractivity contribution < 1.29 is 32.8 Å². The summed E-state index contributed by atoms with van der Waals surface area (Å²) in [5.74, 6) is 0.0496. The van der Waals surface area contributed by atoms with Gasteiger partial charge in [-0.2, -0.15) is 0 Å². The molecule has 0 radical (unpaired) electrons. The second-order valence-corrected chi connectivity index (χ2v) is 9.14. The van der Waals surface area contributed by atoms with Crippen molar-refractivity contribution in [1.29, 1.82) is 0 Å². The van der Waals surface area contributed by atoms with Gasteiger partial charge in [0.2, 0.25) is 5.88 Å². The van der Waals surface area contributed by atoms with Crippen LogP contribution in [0.15, 0.2) is 72.8 Å². The average Bonchev–Trinajstić information content (AvgIpc) is 3.29. The van der Waals surface area contributed by atoms with E-state index in [1.165, 1.54) is 0 Å². The molecule has 40 heavy (non-hydrogen) atoms. The molecule has 0 saturated carbocycles. The van der Waals surface area contributed by atoms with Crippen LogP contribution in [0.1, 0.15) is 5.56 Å². The summed E-state index contributed by atoms with van der Waals surface area (Å²) in [6.45, 7) is 3.33. The van der Waals surface area contributed by atoms with Gasteiger partial charge in [-0.1, -0.05) is 23.8 Å². The van der Waals surface area contributed by atoms with E-state index in [2.05, 4.69) is 10.3 Å². The number of hydrogen-bond acceptors (Lipinski definition) is 7. The number of nitrogens with one attached hydrogen (secondary N) is 1. The number of ether oxygens (including phenoxy) is 4. The molecule has 0 atom stereocenters. The Morgan fingerprint density at radius 1 is 0.900 bits per heavy atom. The first-order valence-electron chi connectivity index (χ1n) is 12.6. The van der Waals surface area contributed by atoms with Crippen molar-refractivity contribution >= 4 is 17.2 Å². The Kier molecular flexibility index (Phi) is 6.73. The van der Waals surface area contributed by atoms with E-state index in [-0.39, 0.29) is 24.7 Å². The van der Waals surface area contributed by atoms with Crippen molar-refractivity contribution in [1.82, 2.24) is 9.38 Å². The van der Waals surface area contributed by atoms with Crippen LogP contribution >= 0.6 is 0 Å². The van der Waals surface area contributed by atoms with E-state index in [1.54, 1.807) is 40.8 Å². The van der Waals surface area contributed by atoms with Crippen LogP contribution in [0, 0.1) is 18.6 Å². The molecule has 1 aliphatic rings. The van der Waals surface area contributed by atoms with Gasteiger partial charge in [-0.3, -0.25) is 0 Å². The molecule has 0 unspecified atom stereocenters. The van der Waals surface area contributed by atoms with Crippen molar-refractivity contribution in [2.45, 2.75) is 6.92 Å². The van der Waals surface area contributed by atoms with E-state index in [0.29, 0.717) is 41.9 Å². The maximum absolute atomic E-state index is 15.0. The van der Waals surface area contributed by atoms with E-state index < -0.39 is 22.9 Å². The van der Waals surface area contributed by atoms with Crippen LogP contribution in [0.4, 0.5) is 20.3 Å². The fraction of sp³-hybridized carbons (Fsp3) is 0.167. The number of halogens is 2. The van der Waals surface area contributed by atoms with E-state index in [4.69, 9.17) is 18.9 Å². The number of benzene rings is 3. The number of pyridine rings is 1. The number of aryl methyl sites for hydroxylation is 1. The highest BCUT2D eigenvalue weighted by atomic mass is 19.1.